The molecule has 0 saturated heterocycles. The zero-order chi connectivity index (χ0) is 19.8. The van der Waals surface area contributed by atoms with E-state index < -0.39 is 4.92 Å². The highest BCUT2D eigenvalue weighted by Gasteiger charge is 2.29. The van der Waals surface area contributed by atoms with Gasteiger partial charge in [0.05, 0.1) is 28.3 Å². The number of methoxy groups -OCH3 is 1. The largest absolute Gasteiger partial charge is 0.496 e. The number of benzene rings is 2. The summed E-state index contributed by atoms with van der Waals surface area (Å²) in [5, 5.41) is 11.4. The van der Waals surface area contributed by atoms with Crippen LogP contribution >= 0.6 is 11.6 Å². The number of aromatic nitrogens is 1. The average Bonchev–Trinajstić information content (AvgIpc) is 3.36. The van der Waals surface area contributed by atoms with Crippen LogP contribution in [0, 0.1) is 10.1 Å². The number of fused-ring (bicyclic) bond motifs is 1. The second-order valence-corrected chi connectivity index (χ2v) is 6.78. The number of hydrogen-bond donors (Lipinski definition) is 0. The van der Waals surface area contributed by atoms with Crippen molar-refractivity contribution in [2.24, 2.45) is 0 Å². The van der Waals surface area contributed by atoms with E-state index in [0.29, 0.717) is 40.7 Å². The van der Waals surface area contributed by atoms with Crippen LogP contribution in [0.2, 0.25) is 5.02 Å². The Bertz CT molecular complexity index is 1080. The molecule has 1 aliphatic rings. The third kappa shape index (κ3) is 2.99. The van der Waals surface area contributed by atoms with E-state index in [0.717, 1.165) is 5.56 Å². The Morgan fingerprint density at radius 3 is 2.61 bits per heavy atom. The minimum Gasteiger partial charge on any atom is -0.496 e. The molecule has 0 fully saturated rings. The first-order valence-corrected chi connectivity index (χ1v) is 8.97. The molecule has 0 spiro atoms. The fraction of sp³-hybridized carbons (Fsp3) is 0.150. The van der Waals surface area contributed by atoms with Gasteiger partial charge >= 0.3 is 0 Å². The molecular weight excluding hydrogens is 382 g/mol. The molecule has 1 aliphatic heterocycles. The van der Waals surface area contributed by atoms with Gasteiger partial charge in [-0.1, -0.05) is 11.6 Å². The molecule has 8 heteroatoms. The maximum atomic E-state index is 13.2. The Morgan fingerprint density at radius 2 is 1.93 bits per heavy atom. The summed E-state index contributed by atoms with van der Waals surface area (Å²) < 4.78 is 7.29. The second kappa shape index (κ2) is 7.01. The summed E-state index contributed by atoms with van der Waals surface area (Å²) in [7, 11) is 1.50. The number of nitro benzene ring substituents is 1. The summed E-state index contributed by atoms with van der Waals surface area (Å²) in [5.74, 6) is 0.152. The monoisotopic (exact) mass is 397 g/mol. The Morgan fingerprint density at radius 1 is 1.18 bits per heavy atom. The zero-order valence-corrected chi connectivity index (χ0v) is 15.7. The number of non-ortho nitro benzene ring substituents is 1. The average molecular weight is 398 g/mol. The lowest BCUT2D eigenvalue weighted by Gasteiger charge is -2.20. The zero-order valence-electron chi connectivity index (χ0n) is 15.0. The third-order valence-electron chi connectivity index (χ3n) is 4.80. The van der Waals surface area contributed by atoms with Gasteiger partial charge in [0.2, 0.25) is 0 Å². The molecule has 28 heavy (non-hydrogen) atoms. The summed E-state index contributed by atoms with van der Waals surface area (Å²) in [4.78, 5) is 25.3. The lowest BCUT2D eigenvalue weighted by Crippen LogP contribution is -2.29. The van der Waals surface area contributed by atoms with Crippen LogP contribution in [0.1, 0.15) is 15.9 Å². The molecule has 4 rings (SSSR count). The summed E-state index contributed by atoms with van der Waals surface area (Å²) in [6.45, 7) is 0.440. The van der Waals surface area contributed by atoms with Crippen LogP contribution in [0.15, 0.2) is 54.9 Å². The summed E-state index contributed by atoms with van der Waals surface area (Å²) in [6, 6.07) is 11.6. The normalized spacial score (nSPS) is 12.7. The highest BCUT2D eigenvalue weighted by Crippen LogP contribution is 2.35. The number of hydrogen-bond acceptors (Lipinski definition) is 4. The van der Waals surface area contributed by atoms with E-state index in [-0.39, 0.29) is 11.6 Å². The number of anilines is 1. The lowest BCUT2D eigenvalue weighted by atomic mass is 10.1. The lowest BCUT2D eigenvalue weighted by molar-refractivity contribution is -0.384. The van der Waals surface area contributed by atoms with Crippen molar-refractivity contribution in [3.8, 4) is 11.4 Å². The van der Waals surface area contributed by atoms with Crippen molar-refractivity contribution in [3.05, 3.63) is 81.1 Å². The Kier molecular flexibility index (Phi) is 4.52. The smallest absolute Gasteiger partial charge is 0.269 e. The van der Waals surface area contributed by atoms with Crippen LogP contribution in [-0.2, 0) is 6.42 Å². The fourth-order valence-electron chi connectivity index (χ4n) is 3.43. The Balaban J connectivity index is 1.72. The number of carbonyl (C=O) groups excluding carboxylic acids is 1. The number of nitrogens with zero attached hydrogens (tertiary/aromatic N) is 3. The number of halogens is 1. The minimum absolute atomic E-state index is 0.0183. The van der Waals surface area contributed by atoms with Gasteiger partial charge in [0.1, 0.15) is 5.75 Å². The van der Waals surface area contributed by atoms with Crippen LogP contribution in [-0.4, -0.2) is 29.1 Å². The number of rotatable bonds is 4. The van der Waals surface area contributed by atoms with Crippen LogP contribution in [0.25, 0.3) is 5.69 Å². The summed E-state index contributed by atoms with van der Waals surface area (Å²) >= 11 is 6.43. The first kappa shape index (κ1) is 18.1. The SMILES string of the molecule is COc1cc(-n2cccc2)c(Cl)cc1C(=O)N1CCc2cc([N+](=O)[O-])ccc21. The maximum absolute atomic E-state index is 13.2. The van der Waals surface area contributed by atoms with Gasteiger partial charge in [-0.05, 0) is 36.2 Å². The molecule has 7 nitrogen and oxygen atoms in total. The van der Waals surface area contributed by atoms with Crippen molar-refractivity contribution < 1.29 is 14.5 Å². The number of nitro groups is 1. The quantitative estimate of drug-likeness (QED) is 0.487. The predicted molar refractivity (Wildman–Crippen MR) is 106 cm³/mol. The van der Waals surface area contributed by atoms with E-state index in [4.69, 9.17) is 16.3 Å². The summed E-state index contributed by atoms with van der Waals surface area (Å²) in [5.41, 5.74) is 2.51. The first-order chi connectivity index (χ1) is 13.5. The highest BCUT2D eigenvalue weighted by molar-refractivity contribution is 6.33. The van der Waals surface area contributed by atoms with Gasteiger partial charge in [-0.25, -0.2) is 0 Å². The molecular formula is C20H16ClN3O4. The molecule has 0 saturated carbocycles. The van der Waals surface area contributed by atoms with Crippen molar-refractivity contribution in [1.29, 1.82) is 0 Å². The Labute approximate surface area is 165 Å². The second-order valence-electron chi connectivity index (χ2n) is 6.37. The van der Waals surface area contributed by atoms with E-state index in [9.17, 15) is 14.9 Å². The predicted octanol–water partition coefficient (Wildman–Crippen LogP) is 4.25. The van der Waals surface area contributed by atoms with Gasteiger partial charge < -0.3 is 14.2 Å². The van der Waals surface area contributed by atoms with Crippen molar-refractivity contribution in [1.82, 2.24) is 4.57 Å². The molecule has 0 aliphatic carbocycles. The maximum Gasteiger partial charge on any atom is 0.269 e. The van der Waals surface area contributed by atoms with E-state index in [1.54, 1.807) is 23.1 Å². The molecule has 2 heterocycles. The van der Waals surface area contributed by atoms with Crippen LogP contribution in [0.3, 0.4) is 0 Å². The van der Waals surface area contributed by atoms with Gasteiger partial charge in [0, 0.05) is 42.8 Å². The van der Waals surface area contributed by atoms with Gasteiger partial charge in [-0.2, -0.15) is 0 Å². The van der Waals surface area contributed by atoms with Gasteiger partial charge in [-0.15, -0.1) is 0 Å². The molecule has 0 unspecified atom stereocenters. The molecule has 0 N–H and O–H groups in total. The molecule has 142 valence electrons. The van der Waals surface area contributed by atoms with E-state index in [1.807, 2.05) is 29.1 Å². The van der Waals surface area contributed by atoms with Crippen molar-refractivity contribution in [2.45, 2.75) is 6.42 Å². The van der Waals surface area contributed by atoms with Gasteiger partial charge in [-0.3, -0.25) is 14.9 Å². The third-order valence-corrected chi connectivity index (χ3v) is 5.10. The van der Waals surface area contributed by atoms with Crippen molar-refractivity contribution >= 4 is 28.9 Å². The molecule has 3 aromatic rings. The molecule has 0 radical (unpaired) electrons. The number of ether oxygens (including phenoxy) is 1. The molecule has 0 atom stereocenters. The number of carbonyl (C=O) groups is 1. The highest BCUT2D eigenvalue weighted by atomic mass is 35.5. The van der Waals surface area contributed by atoms with E-state index >= 15 is 0 Å². The minimum atomic E-state index is -0.437. The molecule has 0 bridgehead atoms. The van der Waals surface area contributed by atoms with E-state index in [2.05, 4.69) is 0 Å². The number of amides is 1. The fourth-order valence-corrected chi connectivity index (χ4v) is 3.69. The standard InChI is InChI=1S/C20H16ClN3O4/c1-28-19-12-18(22-7-2-3-8-22)16(21)11-15(19)20(25)23-9-6-13-10-14(24(26)27)4-5-17(13)23/h2-5,7-8,10-12H,6,9H2,1H3. The van der Waals surface area contributed by atoms with E-state index in [1.165, 1.54) is 19.2 Å². The van der Waals surface area contributed by atoms with Crippen LogP contribution in [0.4, 0.5) is 11.4 Å². The van der Waals surface area contributed by atoms with Crippen molar-refractivity contribution in [2.75, 3.05) is 18.6 Å². The summed E-state index contributed by atoms with van der Waals surface area (Å²) in [6.07, 6.45) is 4.26. The Hall–Kier alpha value is -3.32. The van der Waals surface area contributed by atoms with Crippen LogP contribution < -0.4 is 9.64 Å². The molecule has 1 amide bonds. The first-order valence-electron chi connectivity index (χ1n) is 8.59. The van der Waals surface area contributed by atoms with Crippen molar-refractivity contribution in [3.63, 3.8) is 0 Å². The van der Waals surface area contributed by atoms with Crippen LogP contribution in [0.5, 0.6) is 5.75 Å². The molecule has 1 aromatic heterocycles. The topological polar surface area (TPSA) is 77.6 Å². The van der Waals surface area contributed by atoms with Gasteiger partial charge in [0.15, 0.2) is 0 Å². The molecule has 2 aromatic carbocycles. The van der Waals surface area contributed by atoms with Gasteiger partial charge in [0.25, 0.3) is 11.6 Å².